The standard InChI is InChI=1S/C15H24BrN3/c1-3-7-19-8-4-5-13(6-9-19)18-14-10-12(2)15(16)17-11-14/h10-11,13,18H,3-9H2,1-2H3. The van der Waals surface area contributed by atoms with Gasteiger partial charge in [0.15, 0.2) is 0 Å². The van der Waals surface area contributed by atoms with Crippen molar-refractivity contribution in [2.24, 2.45) is 0 Å². The molecule has 1 aromatic heterocycles. The van der Waals surface area contributed by atoms with Gasteiger partial charge < -0.3 is 10.2 Å². The number of hydrogen-bond acceptors (Lipinski definition) is 3. The Hall–Kier alpha value is -0.610. The number of aryl methyl sites for hydroxylation is 1. The van der Waals surface area contributed by atoms with Gasteiger partial charge >= 0.3 is 0 Å². The normalized spacial score (nSPS) is 21.1. The van der Waals surface area contributed by atoms with Gasteiger partial charge in [0.25, 0.3) is 0 Å². The molecule has 0 amide bonds. The minimum absolute atomic E-state index is 0.587. The summed E-state index contributed by atoms with van der Waals surface area (Å²) in [4.78, 5) is 6.95. The topological polar surface area (TPSA) is 28.2 Å². The van der Waals surface area contributed by atoms with Crippen LogP contribution in [0.4, 0.5) is 5.69 Å². The van der Waals surface area contributed by atoms with E-state index in [9.17, 15) is 0 Å². The van der Waals surface area contributed by atoms with Crippen LogP contribution in [0.2, 0.25) is 0 Å². The second-order valence-corrected chi connectivity index (χ2v) is 6.20. The molecule has 106 valence electrons. The Balaban J connectivity index is 1.90. The van der Waals surface area contributed by atoms with Crippen LogP contribution in [-0.2, 0) is 0 Å². The van der Waals surface area contributed by atoms with E-state index < -0.39 is 0 Å². The molecule has 1 atom stereocenters. The first kappa shape index (κ1) is 14.8. The number of nitrogens with one attached hydrogen (secondary N) is 1. The zero-order valence-corrected chi connectivity index (χ0v) is 13.5. The molecule has 19 heavy (non-hydrogen) atoms. The highest BCUT2D eigenvalue weighted by Gasteiger charge is 2.16. The Bertz CT molecular complexity index is 408. The van der Waals surface area contributed by atoms with Crippen molar-refractivity contribution in [1.82, 2.24) is 9.88 Å². The van der Waals surface area contributed by atoms with Crippen molar-refractivity contribution in [2.75, 3.05) is 25.0 Å². The lowest BCUT2D eigenvalue weighted by molar-refractivity contribution is 0.285. The fourth-order valence-corrected chi connectivity index (χ4v) is 2.93. The highest BCUT2D eigenvalue weighted by atomic mass is 79.9. The van der Waals surface area contributed by atoms with Gasteiger partial charge in [-0.25, -0.2) is 4.98 Å². The van der Waals surface area contributed by atoms with Crippen molar-refractivity contribution in [2.45, 2.75) is 45.6 Å². The quantitative estimate of drug-likeness (QED) is 0.853. The molecule has 1 unspecified atom stereocenters. The summed E-state index contributed by atoms with van der Waals surface area (Å²) < 4.78 is 0.938. The number of pyridine rings is 1. The van der Waals surface area contributed by atoms with Crippen LogP contribution in [0.25, 0.3) is 0 Å². The van der Waals surface area contributed by atoms with E-state index in [1.807, 2.05) is 6.20 Å². The van der Waals surface area contributed by atoms with Gasteiger partial charge in [-0.2, -0.15) is 0 Å². The Labute approximate surface area is 124 Å². The fraction of sp³-hybridized carbons (Fsp3) is 0.667. The lowest BCUT2D eigenvalue weighted by Gasteiger charge is -2.20. The zero-order chi connectivity index (χ0) is 13.7. The van der Waals surface area contributed by atoms with Crippen molar-refractivity contribution in [1.29, 1.82) is 0 Å². The van der Waals surface area contributed by atoms with E-state index in [4.69, 9.17) is 0 Å². The molecular weight excluding hydrogens is 302 g/mol. The minimum Gasteiger partial charge on any atom is -0.381 e. The summed E-state index contributed by atoms with van der Waals surface area (Å²) in [6.07, 6.45) is 6.96. The molecule has 2 rings (SSSR count). The van der Waals surface area contributed by atoms with Gasteiger partial charge in [-0.3, -0.25) is 0 Å². The monoisotopic (exact) mass is 325 g/mol. The van der Waals surface area contributed by atoms with E-state index >= 15 is 0 Å². The highest BCUT2D eigenvalue weighted by Crippen LogP contribution is 2.20. The third-order valence-electron chi connectivity index (χ3n) is 3.75. The van der Waals surface area contributed by atoms with E-state index in [0.29, 0.717) is 6.04 Å². The number of likely N-dealkylation sites (tertiary alicyclic amines) is 1. The molecule has 1 saturated heterocycles. The molecule has 0 aliphatic carbocycles. The van der Waals surface area contributed by atoms with Crippen LogP contribution in [0, 0.1) is 6.92 Å². The molecule has 3 nitrogen and oxygen atoms in total. The average molecular weight is 326 g/mol. The first-order chi connectivity index (χ1) is 9.19. The van der Waals surface area contributed by atoms with Crippen LogP contribution in [-0.4, -0.2) is 35.6 Å². The summed E-state index contributed by atoms with van der Waals surface area (Å²) >= 11 is 3.45. The van der Waals surface area contributed by atoms with E-state index in [0.717, 1.165) is 10.3 Å². The van der Waals surface area contributed by atoms with Gasteiger partial charge in [0.1, 0.15) is 4.60 Å². The van der Waals surface area contributed by atoms with E-state index in [1.165, 1.54) is 50.9 Å². The maximum Gasteiger partial charge on any atom is 0.109 e. The second kappa shape index (κ2) is 7.25. The maximum absolute atomic E-state index is 4.36. The summed E-state index contributed by atoms with van der Waals surface area (Å²) in [6.45, 7) is 8.05. The summed E-state index contributed by atoms with van der Waals surface area (Å²) in [5, 5.41) is 3.64. The van der Waals surface area contributed by atoms with Crippen molar-refractivity contribution in [3.8, 4) is 0 Å². The van der Waals surface area contributed by atoms with Crippen LogP contribution >= 0.6 is 15.9 Å². The molecule has 1 aliphatic heterocycles. The minimum atomic E-state index is 0.587. The Morgan fingerprint density at radius 2 is 2.26 bits per heavy atom. The third kappa shape index (κ3) is 4.46. The van der Waals surface area contributed by atoms with Crippen molar-refractivity contribution in [3.63, 3.8) is 0 Å². The number of aromatic nitrogens is 1. The van der Waals surface area contributed by atoms with Gasteiger partial charge in [0.2, 0.25) is 0 Å². The second-order valence-electron chi connectivity index (χ2n) is 5.45. The molecule has 2 heterocycles. The Morgan fingerprint density at radius 3 is 3.00 bits per heavy atom. The van der Waals surface area contributed by atoms with Crippen molar-refractivity contribution >= 4 is 21.6 Å². The fourth-order valence-electron chi connectivity index (χ4n) is 2.71. The Kier molecular flexibility index (Phi) is 5.64. The SMILES string of the molecule is CCCN1CCCC(Nc2cnc(Br)c(C)c2)CC1. The van der Waals surface area contributed by atoms with E-state index in [1.54, 1.807) is 0 Å². The van der Waals surface area contributed by atoms with Crippen LogP contribution in [0.15, 0.2) is 16.9 Å². The number of halogens is 1. The molecule has 4 heteroatoms. The molecule has 0 bridgehead atoms. The van der Waals surface area contributed by atoms with Crippen LogP contribution in [0.1, 0.15) is 38.2 Å². The van der Waals surface area contributed by atoms with Crippen molar-refractivity contribution < 1.29 is 0 Å². The largest absolute Gasteiger partial charge is 0.381 e. The number of nitrogens with zero attached hydrogens (tertiary/aromatic N) is 2. The lowest BCUT2D eigenvalue weighted by atomic mass is 10.1. The molecule has 1 aromatic rings. The first-order valence-corrected chi connectivity index (χ1v) is 8.09. The first-order valence-electron chi connectivity index (χ1n) is 7.30. The molecule has 1 aliphatic rings. The lowest BCUT2D eigenvalue weighted by Crippen LogP contribution is -2.27. The third-order valence-corrected chi connectivity index (χ3v) is 4.58. The van der Waals surface area contributed by atoms with Crippen LogP contribution in [0.3, 0.4) is 0 Å². The number of anilines is 1. The molecule has 1 N–H and O–H groups in total. The van der Waals surface area contributed by atoms with Gasteiger partial charge in [-0.15, -0.1) is 0 Å². The average Bonchev–Trinajstić information content (AvgIpc) is 2.60. The van der Waals surface area contributed by atoms with Gasteiger partial charge in [0, 0.05) is 12.6 Å². The summed E-state index contributed by atoms with van der Waals surface area (Å²) in [7, 11) is 0. The van der Waals surface area contributed by atoms with Gasteiger partial charge in [-0.1, -0.05) is 6.92 Å². The van der Waals surface area contributed by atoms with E-state index in [-0.39, 0.29) is 0 Å². The molecular formula is C15H24BrN3. The zero-order valence-electron chi connectivity index (χ0n) is 12.0. The summed E-state index contributed by atoms with van der Waals surface area (Å²) in [5.41, 5.74) is 2.33. The Morgan fingerprint density at radius 1 is 1.42 bits per heavy atom. The molecule has 0 spiro atoms. The molecule has 0 saturated carbocycles. The highest BCUT2D eigenvalue weighted by molar-refractivity contribution is 9.10. The van der Waals surface area contributed by atoms with Gasteiger partial charge in [-0.05, 0) is 73.3 Å². The molecule has 0 radical (unpaired) electrons. The molecule has 1 fully saturated rings. The van der Waals surface area contributed by atoms with Crippen LogP contribution in [0.5, 0.6) is 0 Å². The van der Waals surface area contributed by atoms with E-state index in [2.05, 4.69) is 51.0 Å². The van der Waals surface area contributed by atoms with Gasteiger partial charge in [0.05, 0.1) is 11.9 Å². The predicted octanol–water partition coefficient (Wildman–Crippen LogP) is 3.83. The maximum atomic E-state index is 4.36. The number of hydrogen-bond donors (Lipinski definition) is 1. The van der Waals surface area contributed by atoms with Crippen LogP contribution < -0.4 is 5.32 Å². The van der Waals surface area contributed by atoms with Crippen molar-refractivity contribution in [3.05, 3.63) is 22.4 Å². The number of rotatable bonds is 4. The smallest absolute Gasteiger partial charge is 0.109 e. The molecule has 0 aromatic carbocycles. The predicted molar refractivity (Wildman–Crippen MR) is 84.7 cm³/mol. The summed E-state index contributed by atoms with van der Waals surface area (Å²) in [6, 6.07) is 2.76. The summed E-state index contributed by atoms with van der Waals surface area (Å²) in [5.74, 6) is 0.